The van der Waals surface area contributed by atoms with Crippen molar-refractivity contribution in [3.63, 3.8) is 0 Å². The fourth-order valence-electron chi connectivity index (χ4n) is 3.39. The predicted molar refractivity (Wildman–Crippen MR) is 95.4 cm³/mol. The van der Waals surface area contributed by atoms with Crippen LogP contribution >= 0.6 is 0 Å². The van der Waals surface area contributed by atoms with Crippen molar-refractivity contribution < 1.29 is 0 Å². The van der Waals surface area contributed by atoms with Crippen molar-refractivity contribution in [2.75, 3.05) is 0 Å². The van der Waals surface area contributed by atoms with E-state index in [0.717, 1.165) is 6.42 Å². The first-order valence-corrected chi connectivity index (χ1v) is 7.87. The summed E-state index contributed by atoms with van der Waals surface area (Å²) in [6, 6.07) is 21.9. The number of nitrogens with one attached hydrogen (secondary N) is 1. The molecule has 1 heterocycles. The van der Waals surface area contributed by atoms with Crippen LogP contribution in [0.5, 0.6) is 0 Å². The maximum absolute atomic E-state index is 3.53. The van der Waals surface area contributed by atoms with Gasteiger partial charge in [0.15, 0.2) is 0 Å². The average molecular weight is 285 g/mol. The van der Waals surface area contributed by atoms with Gasteiger partial charge in [-0.1, -0.05) is 49.4 Å². The van der Waals surface area contributed by atoms with E-state index in [-0.39, 0.29) is 0 Å². The van der Waals surface area contributed by atoms with Crippen LogP contribution in [0.2, 0.25) is 0 Å². The maximum atomic E-state index is 3.53. The standard InChI is InChI=1S/C21H19N/c1-3-15-8-4-5-9-16(15)18-13-19-17-10-6-7-11-20(17)22-21(19)12-14(18)2/h4-13,22H,3H2,1-2H3. The van der Waals surface area contributed by atoms with Gasteiger partial charge in [-0.15, -0.1) is 0 Å². The highest BCUT2D eigenvalue weighted by atomic mass is 14.7. The Bertz CT molecular complexity index is 976. The molecule has 4 aromatic rings. The predicted octanol–water partition coefficient (Wildman–Crippen LogP) is 5.86. The van der Waals surface area contributed by atoms with E-state index in [0.29, 0.717) is 0 Å². The van der Waals surface area contributed by atoms with Crippen LogP contribution in [0.4, 0.5) is 0 Å². The van der Waals surface area contributed by atoms with Crippen molar-refractivity contribution in [3.8, 4) is 11.1 Å². The molecule has 0 radical (unpaired) electrons. The summed E-state index contributed by atoms with van der Waals surface area (Å²) in [5, 5.41) is 2.61. The summed E-state index contributed by atoms with van der Waals surface area (Å²) in [6.45, 7) is 4.42. The first-order chi connectivity index (χ1) is 10.8. The third kappa shape index (κ3) is 1.93. The normalized spacial score (nSPS) is 11.4. The van der Waals surface area contributed by atoms with Gasteiger partial charge in [0.2, 0.25) is 0 Å². The van der Waals surface area contributed by atoms with Gasteiger partial charge >= 0.3 is 0 Å². The molecule has 4 rings (SSSR count). The number of rotatable bonds is 2. The first-order valence-electron chi connectivity index (χ1n) is 7.87. The lowest BCUT2D eigenvalue weighted by Crippen LogP contribution is -1.90. The molecule has 1 heteroatoms. The van der Waals surface area contributed by atoms with Crippen LogP contribution in [0.25, 0.3) is 32.9 Å². The summed E-state index contributed by atoms with van der Waals surface area (Å²) in [4.78, 5) is 3.53. The molecule has 1 nitrogen and oxygen atoms in total. The molecular formula is C21H19N. The molecule has 0 saturated heterocycles. The number of para-hydroxylation sites is 1. The van der Waals surface area contributed by atoms with E-state index in [1.165, 1.54) is 44.1 Å². The fourth-order valence-corrected chi connectivity index (χ4v) is 3.39. The Morgan fingerprint density at radius 2 is 1.55 bits per heavy atom. The van der Waals surface area contributed by atoms with Gasteiger partial charge in [-0.05, 0) is 53.8 Å². The second-order valence-corrected chi connectivity index (χ2v) is 5.89. The summed E-state index contributed by atoms with van der Waals surface area (Å²) in [6.07, 6.45) is 1.06. The molecule has 0 bridgehead atoms. The van der Waals surface area contributed by atoms with Gasteiger partial charge in [-0.3, -0.25) is 0 Å². The lowest BCUT2D eigenvalue weighted by atomic mass is 9.93. The minimum Gasteiger partial charge on any atom is -0.355 e. The number of aromatic nitrogens is 1. The third-order valence-corrected chi connectivity index (χ3v) is 4.54. The smallest absolute Gasteiger partial charge is 0.0467 e. The quantitative estimate of drug-likeness (QED) is 0.475. The Morgan fingerprint density at radius 3 is 2.41 bits per heavy atom. The molecule has 0 aliphatic heterocycles. The van der Waals surface area contributed by atoms with Crippen LogP contribution in [0.15, 0.2) is 60.7 Å². The van der Waals surface area contributed by atoms with E-state index in [2.05, 4.69) is 79.5 Å². The Morgan fingerprint density at radius 1 is 0.773 bits per heavy atom. The second-order valence-electron chi connectivity index (χ2n) is 5.89. The molecule has 0 spiro atoms. The van der Waals surface area contributed by atoms with Crippen molar-refractivity contribution in [3.05, 3.63) is 71.8 Å². The summed E-state index contributed by atoms with van der Waals surface area (Å²) >= 11 is 0. The van der Waals surface area contributed by atoms with Gasteiger partial charge in [0.05, 0.1) is 0 Å². The molecule has 0 aliphatic carbocycles. The number of H-pyrrole nitrogens is 1. The minimum atomic E-state index is 1.06. The van der Waals surface area contributed by atoms with Gasteiger partial charge in [-0.2, -0.15) is 0 Å². The van der Waals surface area contributed by atoms with Crippen molar-refractivity contribution in [1.82, 2.24) is 4.98 Å². The van der Waals surface area contributed by atoms with Crippen molar-refractivity contribution >= 4 is 21.8 Å². The summed E-state index contributed by atoms with van der Waals surface area (Å²) in [5.74, 6) is 0. The molecule has 0 saturated carbocycles. The number of hydrogen-bond acceptors (Lipinski definition) is 0. The van der Waals surface area contributed by atoms with Crippen molar-refractivity contribution in [1.29, 1.82) is 0 Å². The highest BCUT2D eigenvalue weighted by Crippen LogP contribution is 2.34. The van der Waals surface area contributed by atoms with Crippen molar-refractivity contribution in [2.45, 2.75) is 20.3 Å². The molecule has 0 amide bonds. The summed E-state index contributed by atoms with van der Waals surface area (Å²) in [5.41, 5.74) is 7.85. The van der Waals surface area contributed by atoms with Crippen LogP contribution in [-0.4, -0.2) is 4.98 Å². The highest BCUT2D eigenvalue weighted by molar-refractivity contribution is 6.09. The third-order valence-electron chi connectivity index (χ3n) is 4.54. The van der Waals surface area contributed by atoms with E-state index in [4.69, 9.17) is 0 Å². The van der Waals surface area contributed by atoms with Gasteiger partial charge < -0.3 is 4.98 Å². The Kier molecular flexibility index (Phi) is 3.00. The molecule has 3 aromatic carbocycles. The summed E-state index contributed by atoms with van der Waals surface area (Å²) in [7, 11) is 0. The SMILES string of the molecule is CCc1ccccc1-c1cc2c(cc1C)[nH]c1ccccc12. The van der Waals surface area contributed by atoms with Gasteiger partial charge in [-0.25, -0.2) is 0 Å². The Hall–Kier alpha value is -2.54. The first kappa shape index (κ1) is 13.1. The number of fused-ring (bicyclic) bond motifs is 3. The van der Waals surface area contributed by atoms with Gasteiger partial charge in [0, 0.05) is 21.8 Å². The van der Waals surface area contributed by atoms with E-state index >= 15 is 0 Å². The number of benzene rings is 3. The molecular weight excluding hydrogens is 266 g/mol. The molecule has 22 heavy (non-hydrogen) atoms. The van der Waals surface area contributed by atoms with Crippen LogP contribution in [0.3, 0.4) is 0 Å². The van der Waals surface area contributed by atoms with Crippen LogP contribution in [-0.2, 0) is 6.42 Å². The lowest BCUT2D eigenvalue weighted by Gasteiger charge is -2.11. The molecule has 108 valence electrons. The van der Waals surface area contributed by atoms with Crippen LogP contribution < -0.4 is 0 Å². The monoisotopic (exact) mass is 285 g/mol. The van der Waals surface area contributed by atoms with Crippen molar-refractivity contribution in [2.24, 2.45) is 0 Å². The Labute approximate surface area is 130 Å². The fraction of sp³-hybridized carbons (Fsp3) is 0.143. The average Bonchev–Trinajstić information content (AvgIpc) is 2.91. The molecule has 0 fully saturated rings. The highest BCUT2D eigenvalue weighted by Gasteiger charge is 2.10. The number of aryl methyl sites for hydroxylation is 2. The second kappa shape index (κ2) is 5.03. The number of aromatic amines is 1. The van der Waals surface area contributed by atoms with Gasteiger partial charge in [0.25, 0.3) is 0 Å². The Balaban J connectivity index is 2.06. The minimum absolute atomic E-state index is 1.06. The molecule has 0 atom stereocenters. The zero-order chi connectivity index (χ0) is 15.1. The molecule has 1 N–H and O–H groups in total. The maximum Gasteiger partial charge on any atom is 0.0467 e. The number of hydrogen-bond donors (Lipinski definition) is 1. The molecule has 0 unspecified atom stereocenters. The lowest BCUT2D eigenvalue weighted by molar-refractivity contribution is 1.14. The summed E-state index contributed by atoms with van der Waals surface area (Å²) < 4.78 is 0. The van der Waals surface area contributed by atoms with E-state index < -0.39 is 0 Å². The molecule has 0 aliphatic rings. The van der Waals surface area contributed by atoms with Gasteiger partial charge in [0.1, 0.15) is 0 Å². The van der Waals surface area contributed by atoms with E-state index in [1.807, 2.05) is 0 Å². The zero-order valence-corrected chi connectivity index (χ0v) is 13.0. The zero-order valence-electron chi connectivity index (χ0n) is 13.0. The topological polar surface area (TPSA) is 15.8 Å². The van der Waals surface area contributed by atoms with Crippen LogP contribution in [0.1, 0.15) is 18.1 Å². The van der Waals surface area contributed by atoms with E-state index in [9.17, 15) is 0 Å². The van der Waals surface area contributed by atoms with Crippen LogP contribution in [0, 0.1) is 6.92 Å². The molecule has 1 aromatic heterocycles. The van der Waals surface area contributed by atoms with E-state index in [1.54, 1.807) is 0 Å². The largest absolute Gasteiger partial charge is 0.355 e.